The molecule has 0 bridgehead atoms. The second-order valence-corrected chi connectivity index (χ2v) is 7.43. The van der Waals surface area contributed by atoms with Gasteiger partial charge in [-0.25, -0.2) is 4.98 Å². The summed E-state index contributed by atoms with van der Waals surface area (Å²) in [7, 11) is 0. The van der Waals surface area contributed by atoms with Crippen LogP contribution in [0.4, 0.5) is 5.69 Å². The van der Waals surface area contributed by atoms with Crippen LogP contribution in [0, 0.1) is 10.1 Å². The lowest BCUT2D eigenvalue weighted by Gasteiger charge is -2.05. The molecule has 0 fully saturated rings. The van der Waals surface area contributed by atoms with Crippen molar-refractivity contribution < 1.29 is 14.1 Å². The third kappa shape index (κ3) is 6.36. The highest BCUT2D eigenvalue weighted by atomic mass is 16.6. The van der Waals surface area contributed by atoms with Gasteiger partial charge in [-0.1, -0.05) is 24.3 Å². The Kier molecular flexibility index (Phi) is 7.22. The zero-order valence-corrected chi connectivity index (χ0v) is 17.9. The van der Waals surface area contributed by atoms with Gasteiger partial charge in [0.2, 0.25) is 5.89 Å². The summed E-state index contributed by atoms with van der Waals surface area (Å²) in [5.74, 6) is 1.11. The molecule has 0 atom stereocenters. The fourth-order valence-corrected chi connectivity index (χ4v) is 3.31. The first kappa shape index (κ1) is 21.9. The van der Waals surface area contributed by atoms with E-state index in [-0.39, 0.29) is 12.3 Å². The van der Waals surface area contributed by atoms with E-state index in [0.717, 1.165) is 37.1 Å². The highest BCUT2D eigenvalue weighted by Gasteiger charge is 2.10. The second-order valence-electron chi connectivity index (χ2n) is 7.43. The van der Waals surface area contributed by atoms with Crippen LogP contribution in [0.15, 0.2) is 65.4 Å². The normalized spacial score (nSPS) is 11.2. The summed E-state index contributed by atoms with van der Waals surface area (Å²) < 4.78 is 11.2. The number of benzene rings is 2. The Morgan fingerprint density at radius 3 is 2.64 bits per heavy atom. The molecule has 168 valence electrons. The molecule has 2 heterocycles. The van der Waals surface area contributed by atoms with Gasteiger partial charge >= 0.3 is 0 Å². The molecule has 0 aliphatic heterocycles. The number of oxazole rings is 1. The number of nitro benzene ring substituents is 1. The molecule has 0 radical (unpaired) electrons. The molecular weight excluding hydrogens is 422 g/mol. The van der Waals surface area contributed by atoms with Crippen molar-refractivity contribution in [3.8, 4) is 5.75 Å². The van der Waals surface area contributed by atoms with Crippen LogP contribution >= 0.6 is 0 Å². The minimum atomic E-state index is -0.418. The van der Waals surface area contributed by atoms with E-state index in [2.05, 4.69) is 32.5 Å². The van der Waals surface area contributed by atoms with Crippen molar-refractivity contribution >= 4 is 17.8 Å². The first-order valence-corrected chi connectivity index (χ1v) is 10.6. The number of aryl methyl sites for hydroxylation is 2. The van der Waals surface area contributed by atoms with E-state index in [0.29, 0.717) is 17.1 Å². The standard InChI is InChI=1S/C24H23N5O4/c30-29(31)23-8-4-2-6-19(23)11-14-24-26-21(17-33-24)16-32-22-12-9-18(10-13-22)5-1-3-7-20-15-25-28-27-20/h2,4,6,8-15,17H,1,3,5,7,16H2,(H,25,27,28)/b14-11+. The van der Waals surface area contributed by atoms with Crippen LogP contribution in [0.3, 0.4) is 0 Å². The molecule has 1 N–H and O–H groups in total. The van der Waals surface area contributed by atoms with Gasteiger partial charge in [0.15, 0.2) is 0 Å². The molecule has 0 aliphatic carbocycles. The van der Waals surface area contributed by atoms with Gasteiger partial charge in [-0.2, -0.15) is 15.4 Å². The van der Waals surface area contributed by atoms with Crippen LogP contribution in [-0.2, 0) is 19.4 Å². The van der Waals surface area contributed by atoms with Gasteiger partial charge in [0.25, 0.3) is 5.69 Å². The number of nitro groups is 1. The summed E-state index contributed by atoms with van der Waals surface area (Å²) in [6.07, 6.45) is 10.5. The number of hydrogen-bond acceptors (Lipinski definition) is 7. The molecular formula is C24H23N5O4. The summed E-state index contributed by atoms with van der Waals surface area (Å²) >= 11 is 0. The summed E-state index contributed by atoms with van der Waals surface area (Å²) in [6.45, 7) is 0.264. The molecule has 9 heteroatoms. The fourth-order valence-electron chi connectivity index (χ4n) is 3.31. The molecule has 4 aromatic rings. The number of H-pyrrole nitrogens is 1. The van der Waals surface area contributed by atoms with Crippen molar-refractivity contribution in [2.75, 3.05) is 0 Å². The Hall–Kier alpha value is -4.27. The Morgan fingerprint density at radius 1 is 1.03 bits per heavy atom. The maximum atomic E-state index is 11.1. The van der Waals surface area contributed by atoms with Crippen LogP contribution in [0.5, 0.6) is 5.75 Å². The average Bonchev–Trinajstić information content (AvgIpc) is 3.52. The number of aromatic amines is 1. The number of ether oxygens (including phenoxy) is 1. The van der Waals surface area contributed by atoms with Crippen molar-refractivity contribution in [3.05, 3.63) is 99.5 Å². The lowest BCUT2D eigenvalue weighted by Crippen LogP contribution is -1.96. The Balaban J connectivity index is 1.24. The second kappa shape index (κ2) is 10.9. The Labute approximate surface area is 190 Å². The summed E-state index contributed by atoms with van der Waals surface area (Å²) in [6, 6.07) is 14.5. The predicted molar refractivity (Wildman–Crippen MR) is 122 cm³/mol. The Bertz CT molecular complexity index is 1200. The van der Waals surface area contributed by atoms with Gasteiger partial charge in [-0.05, 0) is 55.5 Å². The van der Waals surface area contributed by atoms with Crippen molar-refractivity contribution in [2.24, 2.45) is 0 Å². The number of hydrogen-bond donors (Lipinski definition) is 1. The molecule has 0 saturated carbocycles. The molecule has 0 saturated heterocycles. The maximum Gasteiger partial charge on any atom is 0.276 e. The van der Waals surface area contributed by atoms with E-state index >= 15 is 0 Å². The van der Waals surface area contributed by atoms with Crippen LogP contribution in [0.1, 0.15) is 41.2 Å². The number of nitrogens with one attached hydrogen (secondary N) is 1. The zero-order valence-electron chi connectivity index (χ0n) is 17.9. The lowest BCUT2D eigenvalue weighted by atomic mass is 10.1. The van der Waals surface area contributed by atoms with Crippen LogP contribution in [-0.4, -0.2) is 25.3 Å². The zero-order chi connectivity index (χ0) is 22.9. The molecule has 33 heavy (non-hydrogen) atoms. The largest absolute Gasteiger partial charge is 0.487 e. The van der Waals surface area contributed by atoms with E-state index in [9.17, 15) is 10.1 Å². The van der Waals surface area contributed by atoms with E-state index in [1.807, 2.05) is 12.1 Å². The summed E-state index contributed by atoms with van der Waals surface area (Å²) in [5.41, 5.74) is 3.39. The number of unbranched alkanes of at least 4 members (excludes halogenated alkanes) is 1. The van der Waals surface area contributed by atoms with Gasteiger partial charge in [0, 0.05) is 12.1 Å². The van der Waals surface area contributed by atoms with Crippen molar-refractivity contribution in [2.45, 2.75) is 32.3 Å². The minimum absolute atomic E-state index is 0.0299. The van der Waals surface area contributed by atoms with Gasteiger partial charge in [0.05, 0.1) is 22.4 Å². The van der Waals surface area contributed by atoms with E-state index in [4.69, 9.17) is 9.15 Å². The number of rotatable bonds is 11. The first-order chi connectivity index (χ1) is 16.2. The van der Waals surface area contributed by atoms with E-state index in [1.165, 1.54) is 17.9 Å². The first-order valence-electron chi connectivity index (χ1n) is 10.6. The molecule has 2 aromatic carbocycles. The number of aromatic nitrogens is 4. The molecule has 0 unspecified atom stereocenters. The maximum absolute atomic E-state index is 11.1. The minimum Gasteiger partial charge on any atom is -0.487 e. The molecule has 0 aliphatic rings. The SMILES string of the molecule is O=[N+]([O-])c1ccccc1/C=C/c1nc(COc2ccc(CCCCc3cn[nH]n3)cc2)co1. The third-order valence-electron chi connectivity index (χ3n) is 5.03. The predicted octanol–water partition coefficient (Wildman–Crippen LogP) is 5.02. The van der Waals surface area contributed by atoms with Crippen LogP contribution < -0.4 is 4.74 Å². The summed E-state index contributed by atoms with van der Waals surface area (Å²) in [4.78, 5) is 15.0. The van der Waals surface area contributed by atoms with E-state index < -0.39 is 4.92 Å². The van der Waals surface area contributed by atoms with Gasteiger partial charge in [-0.3, -0.25) is 10.1 Å². The van der Waals surface area contributed by atoms with Crippen molar-refractivity contribution in [3.63, 3.8) is 0 Å². The van der Waals surface area contributed by atoms with Crippen molar-refractivity contribution in [1.82, 2.24) is 20.4 Å². The number of para-hydroxylation sites is 1. The van der Waals surface area contributed by atoms with Gasteiger partial charge < -0.3 is 9.15 Å². The Morgan fingerprint density at radius 2 is 1.85 bits per heavy atom. The quantitative estimate of drug-likeness (QED) is 0.196. The molecule has 2 aromatic heterocycles. The van der Waals surface area contributed by atoms with Gasteiger partial charge in [-0.15, -0.1) is 0 Å². The topological polar surface area (TPSA) is 120 Å². The molecule has 4 rings (SSSR count). The van der Waals surface area contributed by atoms with Gasteiger partial charge in [0.1, 0.15) is 24.3 Å². The monoisotopic (exact) mass is 445 g/mol. The highest BCUT2D eigenvalue weighted by Crippen LogP contribution is 2.21. The summed E-state index contributed by atoms with van der Waals surface area (Å²) in [5, 5.41) is 21.6. The smallest absolute Gasteiger partial charge is 0.276 e. The molecule has 0 amide bonds. The third-order valence-corrected chi connectivity index (χ3v) is 5.03. The number of nitrogens with zero attached hydrogens (tertiary/aromatic N) is 4. The molecule has 0 spiro atoms. The van der Waals surface area contributed by atoms with Crippen molar-refractivity contribution in [1.29, 1.82) is 0 Å². The molecule has 9 nitrogen and oxygen atoms in total. The average molecular weight is 445 g/mol. The highest BCUT2D eigenvalue weighted by molar-refractivity contribution is 5.71. The van der Waals surface area contributed by atoms with E-state index in [1.54, 1.807) is 36.5 Å². The fraction of sp³-hybridized carbons (Fsp3) is 0.208. The van der Waals surface area contributed by atoms with Crippen LogP contribution in [0.2, 0.25) is 0 Å². The lowest BCUT2D eigenvalue weighted by molar-refractivity contribution is -0.385. The van der Waals surface area contributed by atoms with Crippen LogP contribution in [0.25, 0.3) is 12.2 Å².